The van der Waals surface area contributed by atoms with Gasteiger partial charge in [-0.2, -0.15) is 0 Å². The van der Waals surface area contributed by atoms with Crippen LogP contribution in [-0.4, -0.2) is 17.6 Å². The van der Waals surface area contributed by atoms with E-state index in [0.29, 0.717) is 12.5 Å². The van der Waals surface area contributed by atoms with Crippen LogP contribution in [0.2, 0.25) is 0 Å². The van der Waals surface area contributed by atoms with Crippen LogP contribution in [0.1, 0.15) is 38.5 Å². The van der Waals surface area contributed by atoms with Crippen molar-refractivity contribution in [1.82, 2.24) is 4.84 Å². The number of carboxylic acid groups (broad SMARTS) is 1. The van der Waals surface area contributed by atoms with E-state index in [0.717, 1.165) is 12.3 Å². The third-order valence-corrected chi connectivity index (χ3v) is 4.42. The zero-order chi connectivity index (χ0) is 10.9. The van der Waals surface area contributed by atoms with E-state index in [1.807, 2.05) is 0 Å². The Bertz CT molecular complexity index is 259. The van der Waals surface area contributed by atoms with Crippen LogP contribution in [0.4, 0.5) is 0 Å². The van der Waals surface area contributed by atoms with E-state index in [9.17, 15) is 4.79 Å². The summed E-state index contributed by atoms with van der Waals surface area (Å²) < 4.78 is 0. The van der Waals surface area contributed by atoms with E-state index in [4.69, 9.17) is 16.9 Å². The van der Waals surface area contributed by atoms with Crippen LogP contribution in [0.25, 0.3) is 0 Å². The molecule has 0 radical (unpaired) electrons. The Hall–Kier alpha value is -0.280. The molecule has 15 heavy (non-hydrogen) atoms. The van der Waals surface area contributed by atoms with E-state index in [2.05, 4.69) is 4.84 Å². The predicted molar refractivity (Wildman–Crippen MR) is 58.6 cm³/mol. The molecule has 3 nitrogen and oxygen atoms in total. The van der Waals surface area contributed by atoms with Gasteiger partial charge in [0.05, 0.1) is 6.42 Å². The van der Waals surface area contributed by atoms with Gasteiger partial charge in [-0.25, -0.2) is 4.84 Å². The van der Waals surface area contributed by atoms with Gasteiger partial charge in [0.2, 0.25) is 0 Å². The molecular weight excluding hydrogens is 214 g/mol. The average Bonchev–Trinajstić information content (AvgIpc) is 2.15. The molecule has 0 amide bonds. The summed E-state index contributed by atoms with van der Waals surface area (Å²) in [5.74, 6) is 0.669. The van der Waals surface area contributed by atoms with E-state index < -0.39 is 5.97 Å². The van der Waals surface area contributed by atoms with Gasteiger partial charge in [0.25, 0.3) is 0 Å². The van der Waals surface area contributed by atoms with Crippen molar-refractivity contribution < 1.29 is 9.90 Å². The Kier molecular flexibility index (Phi) is 3.21. The number of carbonyl (C=O) groups is 1. The molecule has 0 heterocycles. The molecule has 0 aliphatic heterocycles. The monoisotopic (exact) mass is 231 g/mol. The molecule has 0 aromatic rings. The Morgan fingerprint density at radius 1 is 1.47 bits per heavy atom. The quantitative estimate of drug-likeness (QED) is 0.731. The molecule has 2 fully saturated rings. The van der Waals surface area contributed by atoms with Gasteiger partial charge in [0.15, 0.2) is 0 Å². The largest absolute Gasteiger partial charge is 0.481 e. The number of hydrogen-bond donors (Lipinski definition) is 2. The van der Waals surface area contributed by atoms with Gasteiger partial charge in [0.1, 0.15) is 0 Å². The second-order valence-corrected chi connectivity index (χ2v) is 5.37. The molecule has 2 rings (SSSR count). The van der Waals surface area contributed by atoms with Gasteiger partial charge in [-0.05, 0) is 41.9 Å². The number of carboxylic acids is 1. The van der Waals surface area contributed by atoms with Gasteiger partial charge in [-0.1, -0.05) is 19.3 Å². The maximum absolute atomic E-state index is 10.9. The molecule has 0 unspecified atom stereocenters. The number of rotatable bonds is 4. The second-order valence-electron chi connectivity index (χ2n) is 5.10. The molecule has 3 atom stereocenters. The molecule has 2 aliphatic carbocycles. The first kappa shape index (κ1) is 11.2. The summed E-state index contributed by atoms with van der Waals surface area (Å²) in [6, 6.07) is 0. The molecule has 86 valence electrons. The number of hydrogen-bond acceptors (Lipinski definition) is 2. The maximum Gasteiger partial charge on any atom is 0.303 e. The zero-order valence-electron chi connectivity index (χ0n) is 8.84. The summed E-state index contributed by atoms with van der Waals surface area (Å²) in [6.45, 7) is 0.641. The predicted octanol–water partition coefficient (Wildman–Crippen LogP) is 2.40. The molecular formula is C11H18ClNO2. The molecule has 0 aromatic heterocycles. The maximum atomic E-state index is 10.9. The average molecular weight is 232 g/mol. The highest BCUT2D eigenvalue weighted by molar-refractivity contribution is 6.13. The van der Waals surface area contributed by atoms with E-state index in [-0.39, 0.29) is 11.8 Å². The fraction of sp³-hybridized carbons (Fsp3) is 0.909. The molecule has 2 N–H and O–H groups in total. The van der Waals surface area contributed by atoms with Crippen LogP contribution in [0.3, 0.4) is 0 Å². The number of fused-ring (bicyclic) bond motifs is 1. The SMILES string of the molecule is O=C(O)C[C@@]1(CNCl)C[C@@H]2CCCC[C@@H]21. The molecule has 0 spiro atoms. The normalized spacial score (nSPS) is 39.3. The molecule has 2 aliphatic rings. The number of halogens is 1. The minimum Gasteiger partial charge on any atom is -0.481 e. The standard InChI is InChI=1S/C11H18ClNO2/c12-13-7-11(6-10(14)15)5-8-3-1-2-4-9(8)11/h8-9,13H,1-7H2,(H,14,15)/t8-,9-,11+/m0/s1. The summed E-state index contributed by atoms with van der Waals surface area (Å²) in [5, 5.41) is 8.96. The summed E-state index contributed by atoms with van der Waals surface area (Å²) >= 11 is 5.57. The van der Waals surface area contributed by atoms with Crippen LogP contribution in [0.5, 0.6) is 0 Å². The number of aliphatic carboxylic acids is 1. The first-order valence-electron chi connectivity index (χ1n) is 5.73. The van der Waals surface area contributed by atoms with Gasteiger partial charge in [0, 0.05) is 6.54 Å². The van der Waals surface area contributed by atoms with Crippen molar-refractivity contribution in [3.63, 3.8) is 0 Å². The van der Waals surface area contributed by atoms with Gasteiger partial charge >= 0.3 is 5.97 Å². The van der Waals surface area contributed by atoms with Crippen LogP contribution < -0.4 is 4.84 Å². The lowest BCUT2D eigenvalue weighted by Crippen LogP contribution is -2.54. The molecule has 0 saturated heterocycles. The minimum atomic E-state index is -0.689. The van der Waals surface area contributed by atoms with Crippen molar-refractivity contribution in [2.24, 2.45) is 17.3 Å². The molecule has 0 aromatic carbocycles. The summed E-state index contributed by atoms with van der Waals surface area (Å²) in [5.41, 5.74) is -0.0569. The van der Waals surface area contributed by atoms with E-state index in [1.165, 1.54) is 25.7 Å². The van der Waals surface area contributed by atoms with Crippen molar-refractivity contribution in [2.75, 3.05) is 6.54 Å². The molecule has 2 saturated carbocycles. The topological polar surface area (TPSA) is 49.3 Å². The Morgan fingerprint density at radius 3 is 2.80 bits per heavy atom. The van der Waals surface area contributed by atoms with Crippen molar-refractivity contribution >= 4 is 17.7 Å². The van der Waals surface area contributed by atoms with Gasteiger partial charge < -0.3 is 5.11 Å². The van der Waals surface area contributed by atoms with Crippen molar-refractivity contribution in [1.29, 1.82) is 0 Å². The van der Waals surface area contributed by atoms with Gasteiger partial charge in [-0.15, -0.1) is 0 Å². The third kappa shape index (κ3) is 2.00. The Morgan fingerprint density at radius 2 is 2.20 bits per heavy atom. The van der Waals surface area contributed by atoms with Gasteiger partial charge in [-0.3, -0.25) is 4.79 Å². The smallest absolute Gasteiger partial charge is 0.303 e. The fourth-order valence-corrected chi connectivity index (χ4v) is 3.94. The highest BCUT2D eigenvalue weighted by atomic mass is 35.5. The van der Waals surface area contributed by atoms with Crippen LogP contribution in [0.15, 0.2) is 0 Å². The van der Waals surface area contributed by atoms with Crippen molar-refractivity contribution in [2.45, 2.75) is 38.5 Å². The highest BCUT2D eigenvalue weighted by Crippen LogP contribution is 2.59. The lowest BCUT2D eigenvalue weighted by molar-refractivity contribution is -0.148. The Labute approximate surface area is 95.3 Å². The number of nitrogens with one attached hydrogen (secondary N) is 1. The zero-order valence-corrected chi connectivity index (χ0v) is 9.59. The summed E-state index contributed by atoms with van der Waals surface area (Å²) in [4.78, 5) is 13.5. The van der Waals surface area contributed by atoms with Crippen LogP contribution >= 0.6 is 11.8 Å². The third-order valence-electron chi connectivity index (χ3n) is 4.29. The lowest BCUT2D eigenvalue weighted by atomic mass is 9.48. The molecule has 0 bridgehead atoms. The first-order valence-corrected chi connectivity index (χ1v) is 6.11. The van der Waals surface area contributed by atoms with Crippen molar-refractivity contribution in [3.05, 3.63) is 0 Å². The Balaban J connectivity index is 2.04. The minimum absolute atomic E-state index is 0.0569. The van der Waals surface area contributed by atoms with Crippen molar-refractivity contribution in [3.8, 4) is 0 Å². The second kappa shape index (κ2) is 4.30. The van der Waals surface area contributed by atoms with E-state index in [1.54, 1.807) is 0 Å². The summed E-state index contributed by atoms with van der Waals surface area (Å²) in [7, 11) is 0. The van der Waals surface area contributed by atoms with E-state index >= 15 is 0 Å². The lowest BCUT2D eigenvalue weighted by Gasteiger charge is -2.57. The summed E-state index contributed by atoms with van der Waals surface area (Å²) in [6.07, 6.45) is 6.37. The van der Waals surface area contributed by atoms with Crippen LogP contribution in [0, 0.1) is 17.3 Å². The molecule has 4 heteroatoms. The van der Waals surface area contributed by atoms with Crippen LogP contribution in [-0.2, 0) is 4.79 Å². The fourth-order valence-electron chi connectivity index (χ4n) is 3.67. The highest BCUT2D eigenvalue weighted by Gasteiger charge is 2.54. The first-order chi connectivity index (χ1) is 7.18.